The van der Waals surface area contributed by atoms with E-state index in [4.69, 9.17) is 24.0 Å². The van der Waals surface area contributed by atoms with Crippen LogP contribution in [-0.4, -0.2) is 69.8 Å². The van der Waals surface area contributed by atoms with Crippen LogP contribution in [0.5, 0.6) is 0 Å². The summed E-state index contributed by atoms with van der Waals surface area (Å²) in [5.41, 5.74) is 0. The summed E-state index contributed by atoms with van der Waals surface area (Å²) in [6.07, 6.45) is 16.7. The lowest BCUT2D eigenvalue weighted by Gasteiger charge is -2.39. The third-order valence-corrected chi connectivity index (χ3v) is 5.64. The lowest BCUT2D eigenvalue weighted by molar-refractivity contribution is -0.931. The first kappa shape index (κ1) is 34.2. The van der Waals surface area contributed by atoms with Crippen LogP contribution in [0.1, 0.15) is 111 Å². The van der Waals surface area contributed by atoms with Crippen LogP contribution in [0.4, 0.5) is 0 Å². The monoisotopic (exact) mass is 484 g/mol. The molecule has 4 N–H and O–H groups in total. The maximum atomic E-state index is 10.5. The summed E-state index contributed by atoms with van der Waals surface area (Å²) in [6, 6.07) is 0. The molecule has 0 aromatic rings. The number of aliphatic hydroxyl groups is 1. The van der Waals surface area contributed by atoms with Crippen LogP contribution in [0.2, 0.25) is 0 Å². The van der Waals surface area contributed by atoms with Crippen molar-refractivity contribution in [3.8, 4) is 0 Å². The van der Waals surface area contributed by atoms with Gasteiger partial charge in [-0.2, -0.15) is 0 Å². The normalized spacial score (nSPS) is 13.0. The zero-order valence-corrected chi connectivity index (χ0v) is 22.4. The number of hydrogen-bond donors (Lipinski definition) is 4. The second-order valence-corrected chi connectivity index (χ2v) is 10.1. The van der Waals surface area contributed by atoms with Gasteiger partial charge in [-0.3, -0.25) is 0 Å². The molecule has 0 aliphatic carbocycles. The Kier molecular flexibility index (Phi) is 24.3. The van der Waals surface area contributed by atoms with E-state index in [1.165, 1.54) is 96.7 Å². The fourth-order valence-electron chi connectivity index (χ4n) is 4.44. The van der Waals surface area contributed by atoms with Gasteiger partial charge in [-0.15, -0.1) is 0 Å². The largest absolute Gasteiger partial charge is 0.466 e. The van der Waals surface area contributed by atoms with E-state index >= 15 is 0 Å². The first-order valence-corrected chi connectivity index (χ1v) is 14.6. The molecular formula is C24H55NO6P+. The number of nitrogens with zero attached hydrogens (tertiary/aromatic N) is 1. The highest BCUT2D eigenvalue weighted by atomic mass is 31.2. The number of hydrogen-bond acceptors (Lipinski definition) is 3. The molecule has 0 rings (SSSR count). The number of ether oxygens (including phenoxy) is 1. The summed E-state index contributed by atoms with van der Waals surface area (Å²) in [6.45, 7) is 14.7. The zero-order chi connectivity index (χ0) is 24.7. The van der Waals surface area contributed by atoms with E-state index in [9.17, 15) is 5.11 Å². The van der Waals surface area contributed by atoms with Crippen molar-refractivity contribution in [3.05, 3.63) is 0 Å². The Morgan fingerprint density at radius 2 is 1.06 bits per heavy atom. The van der Waals surface area contributed by atoms with E-state index in [2.05, 4.69) is 27.7 Å². The molecule has 1 atom stereocenters. The molecule has 1 unspecified atom stereocenters. The number of phosphoric acid groups is 1. The van der Waals surface area contributed by atoms with Gasteiger partial charge in [0.15, 0.2) is 0 Å². The first-order valence-electron chi connectivity index (χ1n) is 13.0. The third-order valence-electron chi connectivity index (χ3n) is 5.64. The fourth-order valence-corrected chi connectivity index (χ4v) is 4.44. The van der Waals surface area contributed by atoms with Crippen molar-refractivity contribution in [2.24, 2.45) is 0 Å². The second kappa shape index (κ2) is 22.8. The molecule has 0 heterocycles. The number of quaternary nitrogens is 1. The van der Waals surface area contributed by atoms with Gasteiger partial charge in [0.1, 0.15) is 12.6 Å². The molecule has 0 saturated carbocycles. The molecule has 0 aliphatic heterocycles. The van der Waals surface area contributed by atoms with Crippen LogP contribution < -0.4 is 0 Å². The standard InChI is InChI=1S/C24H52NO2.H3O4P/c1-5-9-10-11-12-13-14-15-16-17-21-27-23-24(26)22-25(18-6-2,19-7-3)20-8-4;1-5(2,3)4/h24,26H,5-23H2,1-4H3;(H3,1,2,3,4)/q+1;. The highest BCUT2D eigenvalue weighted by Crippen LogP contribution is 2.25. The minimum Gasteiger partial charge on any atom is -0.385 e. The van der Waals surface area contributed by atoms with Crippen LogP contribution in [0.25, 0.3) is 0 Å². The number of rotatable bonds is 21. The molecule has 196 valence electrons. The van der Waals surface area contributed by atoms with E-state index in [0.717, 1.165) is 24.1 Å². The predicted molar refractivity (Wildman–Crippen MR) is 134 cm³/mol. The van der Waals surface area contributed by atoms with Crippen molar-refractivity contribution < 1.29 is 33.6 Å². The Bertz CT molecular complexity index is 407. The van der Waals surface area contributed by atoms with Gasteiger partial charge in [0.2, 0.25) is 0 Å². The molecule has 7 nitrogen and oxygen atoms in total. The molecule has 0 amide bonds. The lowest BCUT2D eigenvalue weighted by atomic mass is 10.1. The van der Waals surface area contributed by atoms with Crippen LogP contribution in [-0.2, 0) is 9.30 Å². The summed E-state index contributed by atoms with van der Waals surface area (Å²) in [5.74, 6) is 0. The lowest BCUT2D eigenvalue weighted by Crippen LogP contribution is -2.54. The molecule has 0 spiro atoms. The summed E-state index contributed by atoms with van der Waals surface area (Å²) in [7, 11) is -4.64. The molecule has 0 bridgehead atoms. The molecule has 8 heteroatoms. The average Bonchev–Trinajstić information content (AvgIpc) is 2.68. The quantitative estimate of drug-likeness (QED) is 0.0987. The van der Waals surface area contributed by atoms with Crippen LogP contribution in [0.15, 0.2) is 0 Å². The van der Waals surface area contributed by atoms with E-state index < -0.39 is 7.82 Å². The molecule has 0 fully saturated rings. The molecule has 0 aromatic heterocycles. The van der Waals surface area contributed by atoms with Gasteiger partial charge < -0.3 is 29.0 Å². The second-order valence-electron chi connectivity index (χ2n) is 9.12. The van der Waals surface area contributed by atoms with Crippen molar-refractivity contribution in [1.82, 2.24) is 0 Å². The van der Waals surface area contributed by atoms with Gasteiger partial charge >= 0.3 is 7.82 Å². The zero-order valence-electron chi connectivity index (χ0n) is 21.5. The van der Waals surface area contributed by atoms with Crippen LogP contribution in [0, 0.1) is 0 Å². The highest BCUT2D eigenvalue weighted by molar-refractivity contribution is 7.45. The maximum Gasteiger partial charge on any atom is 0.466 e. The Hall–Kier alpha value is -0.0100. The van der Waals surface area contributed by atoms with E-state index in [-0.39, 0.29) is 6.10 Å². The Balaban J connectivity index is 0. The van der Waals surface area contributed by atoms with Crippen molar-refractivity contribution >= 4 is 7.82 Å². The fraction of sp³-hybridized carbons (Fsp3) is 1.00. The van der Waals surface area contributed by atoms with E-state index in [1.54, 1.807) is 0 Å². The smallest absolute Gasteiger partial charge is 0.385 e. The van der Waals surface area contributed by atoms with Gasteiger partial charge in [0, 0.05) is 6.61 Å². The molecular weight excluding hydrogens is 429 g/mol. The van der Waals surface area contributed by atoms with Gasteiger partial charge in [-0.25, -0.2) is 4.57 Å². The average molecular weight is 485 g/mol. The molecule has 0 aliphatic rings. The summed E-state index contributed by atoms with van der Waals surface area (Å²) in [5, 5.41) is 10.5. The Morgan fingerprint density at radius 1 is 0.688 bits per heavy atom. The Morgan fingerprint density at radius 3 is 1.44 bits per heavy atom. The topological polar surface area (TPSA) is 107 Å². The van der Waals surface area contributed by atoms with Crippen molar-refractivity contribution in [2.45, 2.75) is 117 Å². The van der Waals surface area contributed by atoms with Crippen molar-refractivity contribution in [2.75, 3.05) is 39.4 Å². The van der Waals surface area contributed by atoms with Crippen molar-refractivity contribution in [1.29, 1.82) is 0 Å². The van der Waals surface area contributed by atoms with Gasteiger partial charge in [0.05, 0.1) is 26.2 Å². The Labute approximate surface area is 198 Å². The minimum atomic E-state index is -4.64. The molecule has 0 radical (unpaired) electrons. The maximum absolute atomic E-state index is 10.5. The highest BCUT2D eigenvalue weighted by Gasteiger charge is 2.28. The summed E-state index contributed by atoms with van der Waals surface area (Å²) in [4.78, 5) is 21.6. The number of unbranched alkanes of at least 4 members (excludes halogenated alkanes) is 9. The first-order chi connectivity index (χ1) is 15.1. The van der Waals surface area contributed by atoms with E-state index in [0.29, 0.717) is 6.61 Å². The van der Waals surface area contributed by atoms with Gasteiger partial charge in [-0.05, 0) is 25.7 Å². The molecule has 0 saturated heterocycles. The SMILES string of the molecule is CCCCCCCCCCCCOCC(O)C[N+](CCC)(CCC)CCC.O=P(O)(O)O. The third kappa shape index (κ3) is 26.2. The molecule has 32 heavy (non-hydrogen) atoms. The summed E-state index contributed by atoms with van der Waals surface area (Å²) < 4.78 is 15.7. The van der Waals surface area contributed by atoms with Crippen LogP contribution >= 0.6 is 7.82 Å². The van der Waals surface area contributed by atoms with Gasteiger partial charge in [-0.1, -0.05) is 85.5 Å². The van der Waals surface area contributed by atoms with Gasteiger partial charge in [0.25, 0.3) is 0 Å². The van der Waals surface area contributed by atoms with E-state index in [1.807, 2.05) is 0 Å². The predicted octanol–water partition coefficient (Wildman–Crippen LogP) is 5.40. The summed E-state index contributed by atoms with van der Waals surface area (Å²) >= 11 is 0. The minimum absolute atomic E-state index is 0.322. The number of aliphatic hydroxyl groups excluding tert-OH is 1. The molecule has 0 aromatic carbocycles. The van der Waals surface area contributed by atoms with Crippen LogP contribution in [0.3, 0.4) is 0 Å². The van der Waals surface area contributed by atoms with Crippen molar-refractivity contribution in [3.63, 3.8) is 0 Å².